The van der Waals surface area contributed by atoms with E-state index in [0.717, 1.165) is 5.57 Å². The molecule has 29 heavy (non-hydrogen) atoms. The van der Waals surface area contributed by atoms with Gasteiger partial charge in [-0.3, -0.25) is 0 Å². The SMILES string of the molecule is C=C1CCC[C@@H]2[C@@](C)(/C=C/C3=CC[C@H](C4=CC(=O)O[C@H]4O)OC3)[C@@H](C)CC[C@@]12C. The van der Waals surface area contributed by atoms with Gasteiger partial charge < -0.3 is 14.6 Å². The molecule has 0 aromatic carbocycles. The van der Waals surface area contributed by atoms with Crippen LogP contribution in [0.15, 0.2) is 47.6 Å². The number of cyclic esters (lactones) is 1. The van der Waals surface area contributed by atoms with E-state index in [9.17, 15) is 9.90 Å². The van der Waals surface area contributed by atoms with Crippen LogP contribution in [-0.4, -0.2) is 30.1 Å². The third-order valence-corrected chi connectivity index (χ3v) is 8.33. The average Bonchev–Trinajstić information content (AvgIpc) is 3.04. The molecular weight excluding hydrogens is 364 g/mol. The summed E-state index contributed by atoms with van der Waals surface area (Å²) in [7, 11) is 0. The Morgan fingerprint density at radius 3 is 2.76 bits per heavy atom. The molecule has 0 aromatic heterocycles. The Morgan fingerprint density at radius 1 is 1.31 bits per heavy atom. The Kier molecular flexibility index (Phi) is 5.37. The molecule has 0 bridgehead atoms. The number of carbonyl (C=O) groups is 1. The lowest BCUT2D eigenvalue weighted by atomic mass is 9.47. The molecule has 2 aliphatic carbocycles. The lowest BCUT2D eigenvalue weighted by molar-refractivity contribution is -0.152. The van der Waals surface area contributed by atoms with E-state index in [1.165, 1.54) is 43.8 Å². The van der Waals surface area contributed by atoms with E-state index in [-0.39, 0.29) is 16.9 Å². The van der Waals surface area contributed by atoms with E-state index in [1.54, 1.807) is 0 Å². The van der Waals surface area contributed by atoms with E-state index in [1.807, 2.05) is 0 Å². The predicted molar refractivity (Wildman–Crippen MR) is 113 cm³/mol. The number of hydrogen-bond donors (Lipinski definition) is 1. The fourth-order valence-electron chi connectivity index (χ4n) is 6.06. The second-order valence-corrected chi connectivity index (χ2v) is 9.85. The molecule has 4 aliphatic rings. The van der Waals surface area contributed by atoms with Gasteiger partial charge in [0.05, 0.1) is 12.7 Å². The average molecular weight is 399 g/mol. The van der Waals surface area contributed by atoms with Gasteiger partial charge in [0.2, 0.25) is 6.29 Å². The first-order valence-electron chi connectivity index (χ1n) is 11.0. The maximum atomic E-state index is 11.3. The van der Waals surface area contributed by atoms with Crippen LogP contribution >= 0.6 is 0 Å². The van der Waals surface area contributed by atoms with Crippen LogP contribution in [0, 0.1) is 22.7 Å². The minimum Gasteiger partial charge on any atom is -0.429 e. The Bertz CT molecular complexity index is 791. The van der Waals surface area contributed by atoms with Crippen LogP contribution in [0.3, 0.4) is 0 Å². The van der Waals surface area contributed by atoms with E-state index in [2.05, 4.69) is 45.6 Å². The second-order valence-electron chi connectivity index (χ2n) is 9.85. The lowest BCUT2D eigenvalue weighted by Crippen LogP contribution is -2.49. The summed E-state index contributed by atoms with van der Waals surface area (Å²) in [6, 6.07) is 0. The highest BCUT2D eigenvalue weighted by molar-refractivity contribution is 5.85. The summed E-state index contributed by atoms with van der Waals surface area (Å²) in [5.41, 5.74) is 3.54. The third kappa shape index (κ3) is 3.55. The highest BCUT2D eigenvalue weighted by Gasteiger charge is 2.52. The normalized spacial score (nSPS) is 43.0. The van der Waals surface area contributed by atoms with Crippen LogP contribution in [0.4, 0.5) is 0 Å². The maximum Gasteiger partial charge on any atom is 0.333 e. The van der Waals surface area contributed by atoms with Gasteiger partial charge in [-0.25, -0.2) is 4.79 Å². The van der Waals surface area contributed by atoms with Gasteiger partial charge in [-0.2, -0.15) is 0 Å². The topological polar surface area (TPSA) is 55.8 Å². The number of esters is 1. The van der Waals surface area contributed by atoms with Crippen LogP contribution in [-0.2, 0) is 14.3 Å². The molecule has 2 saturated carbocycles. The van der Waals surface area contributed by atoms with E-state index >= 15 is 0 Å². The second kappa shape index (κ2) is 7.55. The summed E-state index contributed by atoms with van der Waals surface area (Å²) >= 11 is 0. The van der Waals surface area contributed by atoms with Gasteiger partial charge in [0.15, 0.2) is 0 Å². The number of fused-ring (bicyclic) bond motifs is 1. The largest absolute Gasteiger partial charge is 0.429 e. The van der Waals surface area contributed by atoms with Crippen molar-refractivity contribution < 1.29 is 19.4 Å². The van der Waals surface area contributed by atoms with Gasteiger partial charge in [-0.05, 0) is 66.8 Å². The standard InChI is InChI=1S/C25H34O4/c1-16-6-5-7-21-24(16,3)12-10-17(2)25(21,4)13-11-18-8-9-20(28-15-18)19-14-22(26)29-23(19)27/h8,11,13-14,17,20-21,23,27H,1,5-7,9-10,12,15H2,2-4H3/b13-11+/t17-,20+,21-,23+,24-,25-/m0/s1. The van der Waals surface area contributed by atoms with Crippen LogP contribution in [0.2, 0.25) is 0 Å². The number of rotatable bonds is 3. The highest BCUT2D eigenvalue weighted by Crippen LogP contribution is 2.61. The summed E-state index contributed by atoms with van der Waals surface area (Å²) in [6.07, 6.45) is 13.6. The first kappa shape index (κ1) is 20.6. The van der Waals surface area contributed by atoms with Gasteiger partial charge >= 0.3 is 5.97 Å². The summed E-state index contributed by atoms with van der Waals surface area (Å²) in [5, 5.41) is 9.84. The first-order valence-corrected chi connectivity index (χ1v) is 11.0. The zero-order chi connectivity index (χ0) is 20.8. The summed E-state index contributed by atoms with van der Waals surface area (Å²) in [4.78, 5) is 11.3. The van der Waals surface area contributed by atoms with Gasteiger partial charge in [0.25, 0.3) is 0 Å². The van der Waals surface area contributed by atoms with Gasteiger partial charge in [-0.1, -0.05) is 51.2 Å². The lowest BCUT2D eigenvalue weighted by Gasteiger charge is -2.57. The molecule has 0 saturated heterocycles. The number of carbonyl (C=O) groups excluding carboxylic acids is 1. The number of aliphatic hydroxyl groups excluding tert-OH is 1. The molecule has 4 nitrogen and oxygen atoms in total. The molecule has 158 valence electrons. The molecule has 0 aromatic rings. The van der Waals surface area contributed by atoms with Crippen LogP contribution in [0.25, 0.3) is 0 Å². The molecule has 2 heterocycles. The third-order valence-electron chi connectivity index (χ3n) is 8.33. The van der Waals surface area contributed by atoms with Crippen molar-refractivity contribution in [3.63, 3.8) is 0 Å². The number of hydrogen-bond acceptors (Lipinski definition) is 4. The fourth-order valence-corrected chi connectivity index (χ4v) is 6.06. The zero-order valence-corrected chi connectivity index (χ0v) is 17.9. The smallest absolute Gasteiger partial charge is 0.333 e. The number of allylic oxidation sites excluding steroid dienone is 2. The molecule has 1 N–H and O–H groups in total. The fraction of sp³-hybridized carbons (Fsp3) is 0.640. The molecule has 4 heteroatoms. The molecule has 2 fully saturated rings. The van der Waals surface area contributed by atoms with Crippen LogP contribution in [0.5, 0.6) is 0 Å². The van der Waals surface area contributed by atoms with Gasteiger partial charge in [0, 0.05) is 11.6 Å². The Balaban J connectivity index is 1.50. The summed E-state index contributed by atoms with van der Waals surface area (Å²) in [6.45, 7) is 12.2. The Labute approximate surface area is 174 Å². The molecule has 0 amide bonds. The molecule has 0 spiro atoms. The molecule has 0 unspecified atom stereocenters. The minimum atomic E-state index is -1.17. The van der Waals surface area contributed by atoms with Crippen molar-refractivity contribution in [1.29, 1.82) is 0 Å². The van der Waals surface area contributed by atoms with Crippen LogP contribution < -0.4 is 0 Å². The Morgan fingerprint density at radius 2 is 2.10 bits per heavy atom. The van der Waals surface area contributed by atoms with E-state index in [4.69, 9.17) is 9.47 Å². The van der Waals surface area contributed by atoms with Crippen molar-refractivity contribution in [3.8, 4) is 0 Å². The van der Waals surface area contributed by atoms with Crippen LogP contribution in [0.1, 0.15) is 59.3 Å². The van der Waals surface area contributed by atoms with E-state index < -0.39 is 12.3 Å². The van der Waals surface area contributed by atoms with Crippen molar-refractivity contribution in [3.05, 3.63) is 47.6 Å². The highest BCUT2D eigenvalue weighted by atomic mass is 16.6. The van der Waals surface area contributed by atoms with Crippen molar-refractivity contribution in [2.75, 3.05) is 6.61 Å². The van der Waals surface area contributed by atoms with Crippen molar-refractivity contribution in [1.82, 2.24) is 0 Å². The van der Waals surface area contributed by atoms with Crippen molar-refractivity contribution >= 4 is 5.97 Å². The molecule has 6 atom stereocenters. The Hall–Kier alpha value is -1.65. The van der Waals surface area contributed by atoms with Crippen molar-refractivity contribution in [2.24, 2.45) is 22.7 Å². The zero-order valence-electron chi connectivity index (χ0n) is 17.9. The number of ether oxygens (including phenoxy) is 2. The molecular formula is C25H34O4. The van der Waals surface area contributed by atoms with Gasteiger partial charge in [-0.15, -0.1) is 0 Å². The predicted octanol–water partition coefficient (Wildman–Crippen LogP) is 4.86. The summed E-state index contributed by atoms with van der Waals surface area (Å²) in [5.74, 6) is 0.778. The molecule has 0 radical (unpaired) electrons. The molecule has 4 rings (SSSR count). The van der Waals surface area contributed by atoms with Gasteiger partial charge in [0.1, 0.15) is 0 Å². The van der Waals surface area contributed by atoms with E-state index in [0.29, 0.717) is 30.4 Å². The van der Waals surface area contributed by atoms with Crippen molar-refractivity contribution in [2.45, 2.75) is 71.7 Å². The maximum absolute atomic E-state index is 11.3. The monoisotopic (exact) mass is 398 g/mol. The summed E-state index contributed by atoms with van der Waals surface area (Å²) < 4.78 is 10.7. The minimum absolute atomic E-state index is 0.151. The first-order chi connectivity index (χ1) is 13.7. The quantitative estimate of drug-likeness (QED) is 0.545. The number of aliphatic hydroxyl groups is 1. The molecule has 2 aliphatic heterocycles.